The van der Waals surface area contributed by atoms with Crippen LogP contribution in [0.25, 0.3) is 5.53 Å². The second kappa shape index (κ2) is 4.53. The van der Waals surface area contributed by atoms with Gasteiger partial charge in [0.15, 0.2) is 0 Å². The highest BCUT2D eigenvalue weighted by molar-refractivity contribution is 6.26. The first kappa shape index (κ1) is 13.9. The molecule has 0 amide bonds. The van der Waals surface area contributed by atoms with Crippen LogP contribution in [0.15, 0.2) is 12.2 Å². The fourth-order valence-electron chi connectivity index (χ4n) is 4.20. The topological polar surface area (TPSA) is 70.5 Å². The van der Waals surface area contributed by atoms with Crippen LogP contribution < -0.4 is 0 Å². The second-order valence-electron chi connectivity index (χ2n) is 6.33. The van der Waals surface area contributed by atoms with Gasteiger partial charge in [-0.1, -0.05) is 26.0 Å². The molecular weight excluding hydrogens is 240 g/mol. The zero-order valence-electron chi connectivity index (χ0n) is 11.7. The van der Waals surface area contributed by atoms with Crippen LogP contribution in [0.1, 0.15) is 33.6 Å². The van der Waals surface area contributed by atoms with Crippen molar-refractivity contribution >= 4 is 17.8 Å². The van der Waals surface area contributed by atoms with Crippen LogP contribution in [0.2, 0.25) is 0 Å². The van der Waals surface area contributed by atoms with E-state index in [2.05, 4.69) is 11.4 Å². The number of carbonyl (C=O) groups is 2. The van der Waals surface area contributed by atoms with Crippen molar-refractivity contribution in [3.8, 4) is 0 Å². The summed E-state index contributed by atoms with van der Waals surface area (Å²) in [5, 5.41) is 0. The highest BCUT2D eigenvalue weighted by Crippen LogP contribution is 2.58. The summed E-state index contributed by atoms with van der Waals surface area (Å²) < 4.78 is 0. The maximum Gasteiger partial charge on any atom is 0.323 e. The van der Waals surface area contributed by atoms with E-state index in [-0.39, 0.29) is 35.2 Å². The molecule has 0 N–H and O–H groups in total. The Morgan fingerprint density at radius 3 is 2.74 bits per heavy atom. The summed E-state index contributed by atoms with van der Waals surface area (Å²) >= 11 is 0. The van der Waals surface area contributed by atoms with E-state index in [0.29, 0.717) is 6.42 Å². The van der Waals surface area contributed by atoms with E-state index in [1.165, 1.54) is 0 Å². The van der Waals surface area contributed by atoms with Crippen molar-refractivity contribution in [1.29, 1.82) is 0 Å². The first-order valence-electron chi connectivity index (χ1n) is 6.74. The summed E-state index contributed by atoms with van der Waals surface area (Å²) in [6.07, 6.45) is 2.35. The van der Waals surface area contributed by atoms with Gasteiger partial charge in [0.1, 0.15) is 5.78 Å². The molecule has 0 spiro atoms. The largest absolute Gasteiger partial charge is 0.361 e. The van der Waals surface area contributed by atoms with Gasteiger partial charge < -0.3 is 5.53 Å². The fourth-order valence-corrected chi connectivity index (χ4v) is 4.20. The first-order chi connectivity index (χ1) is 8.82. The third-order valence-corrected chi connectivity index (χ3v) is 5.20. The Morgan fingerprint density at radius 2 is 2.21 bits per heavy atom. The summed E-state index contributed by atoms with van der Waals surface area (Å²) in [6, 6.07) is 0. The molecule has 19 heavy (non-hydrogen) atoms. The minimum atomic E-state index is -0.496. The van der Waals surface area contributed by atoms with Gasteiger partial charge in [-0.3, -0.25) is 9.59 Å². The third kappa shape index (κ3) is 1.91. The Morgan fingerprint density at radius 1 is 1.58 bits per heavy atom. The van der Waals surface area contributed by atoms with Crippen LogP contribution in [-0.4, -0.2) is 22.6 Å². The number of rotatable bonds is 3. The van der Waals surface area contributed by atoms with Crippen molar-refractivity contribution in [3.63, 3.8) is 0 Å². The standard InChI is InChI=1S/C15H20N2O2/c1-8(2)12-5-10-9(3)14(19)15(12,4)6-11(10)13(18)7-17-16/h7,9-12H,1,5-6H2,2-4H3/t9-,10+,11+,12-,15-/m0/s1. The maximum atomic E-state index is 12.5. The minimum absolute atomic E-state index is 0.0431. The smallest absolute Gasteiger partial charge is 0.323 e. The number of carbonyl (C=O) groups excluding carboxylic acids is 2. The van der Waals surface area contributed by atoms with Crippen molar-refractivity contribution in [2.24, 2.45) is 29.1 Å². The van der Waals surface area contributed by atoms with Gasteiger partial charge in [0.2, 0.25) is 5.78 Å². The monoisotopic (exact) mass is 260 g/mol. The normalized spacial score (nSPS) is 40.7. The molecule has 3 rings (SSSR count). The summed E-state index contributed by atoms with van der Waals surface area (Å²) in [5.41, 5.74) is 9.05. The SMILES string of the molecule is C=C(C)[C@@H]1C[C@@H]2[C@H](C)C(=O)[C@@]1(C)C[C@H]2C(=O)C=[N+]=[N-]. The molecule has 0 radical (unpaired) electrons. The van der Waals surface area contributed by atoms with Gasteiger partial charge in [0.05, 0.1) is 0 Å². The van der Waals surface area contributed by atoms with E-state index in [1.807, 2.05) is 20.8 Å². The predicted octanol–water partition coefficient (Wildman–Crippen LogP) is 2.30. The molecule has 2 bridgehead atoms. The van der Waals surface area contributed by atoms with Crippen LogP contribution in [0.3, 0.4) is 0 Å². The van der Waals surface area contributed by atoms with Gasteiger partial charge in [-0.25, -0.2) is 0 Å². The molecule has 102 valence electrons. The van der Waals surface area contributed by atoms with Gasteiger partial charge in [0.25, 0.3) is 0 Å². The molecule has 0 saturated heterocycles. The molecule has 3 saturated carbocycles. The highest BCUT2D eigenvalue weighted by Gasteiger charge is 2.59. The van der Waals surface area contributed by atoms with E-state index >= 15 is 0 Å². The lowest BCUT2D eigenvalue weighted by Crippen LogP contribution is -2.57. The molecule has 4 heteroatoms. The second-order valence-corrected chi connectivity index (χ2v) is 6.33. The van der Waals surface area contributed by atoms with E-state index in [9.17, 15) is 9.59 Å². The summed E-state index contributed by atoms with van der Waals surface area (Å²) in [7, 11) is 0. The zero-order valence-corrected chi connectivity index (χ0v) is 11.7. The van der Waals surface area contributed by atoms with E-state index in [1.54, 1.807) is 0 Å². The number of nitrogens with zero attached hydrogens (tertiary/aromatic N) is 2. The van der Waals surface area contributed by atoms with Gasteiger partial charge in [-0.2, -0.15) is 4.79 Å². The molecule has 3 fully saturated rings. The van der Waals surface area contributed by atoms with Crippen molar-refractivity contribution < 1.29 is 14.4 Å². The summed E-state index contributed by atoms with van der Waals surface area (Å²) in [5.74, 6) is -0.0163. The molecular formula is C15H20N2O2. The Hall–Kier alpha value is -1.54. The molecule has 4 nitrogen and oxygen atoms in total. The van der Waals surface area contributed by atoms with Crippen molar-refractivity contribution in [2.75, 3.05) is 0 Å². The number of allylic oxidation sites excluding steroid dienone is 1. The van der Waals surface area contributed by atoms with Crippen LogP contribution in [0, 0.1) is 29.1 Å². The van der Waals surface area contributed by atoms with Gasteiger partial charge in [-0.15, -0.1) is 0 Å². The Labute approximate surface area is 113 Å². The van der Waals surface area contributed by atoms with Gasteiger partial charge in [0, 0.05) is 17.3 Å². The maximum absolute atomic E-state index is 12.5. The Balaban J connectivity index is 2.40. The molecule has 0 aromatic carbocycles. The van der Waals surface area contributed by atoms with Gasteiger partial charge in [-0.05, 0) is 31.6 Å². The molecule has 3 aliphatic carbocycles. The van der Waals surface area contributed by atoms with E-state index < -0.39 is 5.41 Å². The lowest BCUT2D eigenvalue weighted by atomic mass is 9.47. The first-order valence-corrected chi connectivity index (χ1v) is 6.74. The van der Waals surface area contributed by atoms with Crippen LogP contribution in [0.4, 0.5) is 0 Å². The number of ketones is 2. The molecule has 0 aliphatic heterocycles. The Kier molecular flexibility index (Phi) is 3.31. The molecule has 5 atom stereocenters. The molecule has 0 unspecified atom stereocenters. The fraction of sp³-hybridized carbons (Fsp3) is 0.667. The zero-order chi connectivity index (χ0) is 14.4. The quantitative estimate of drug-likeness (QED) is 0.338. The van der Waals surface area contributed by atoms with Crippen LogP contribution in [0.5, 0.6) is 0 Å². The average Bonchev–Trinajstić information content (AvgIpc) is 2.34. The summed E-state index contributed by atoms with van der Waals surface area (Å²) in [4.78, 5) is 27.4. The van der Waals surface area contributed by atoms with Crippen LogP contribution in [-0.2, 0) is 9.59 Å². The van der Waals surface area contributed by atoms with Gasteiger partial charge >= 0.3 is 6.21 Å². The number of hydrogen-bond acceptors (Lipinski definition) is 2. The van der Waals surface area contributed by atoms with Crippen molar-refractivity contribution in [2.45, 2.75) is 33.6 Å². The highest BCUT2D eigenvalue weighted by atomic mass is 16.1. The molecule has 0 aromatic rings. The number of fused-ring (bicyclic) bond motifs is 3. The summed E-state index contributed by atoms with van der Waals surface area (Å²) in [6.45, 7) is 9.83. The minimum Gasteiger partial charge on any atom is -0.361 e. The van der Waals surface area contributed by atoms with Crippen LogP contribution >= 0.6 is 0 Å². The Bertz CT molecular complexity index is 504. The van der Waals surface area contributed by atoms with E-state index in [0.717, 1.165) is 18.2 Å². The van der Waals surface area contributed by atoms with E-state index in [4.69, 9.17) is 5.53 Å². The van der Waals surface area contributed by atoms with Crippen molar-refractivity contribution in [3.05, 3.63) is 17.7 Å². The number of hydrogen-bond donors (Lipinski definition) is 0. The third-order valence-electron chi connectivity index (χ3n) is 5.20. The molecule has 0 heterocycles. The predicted molar refractivity (Wildman–Crippen MR) is 71.5 cm³/mol. The lowest BCUT2D eigenvalue weighted by molar-refractivity contribution is -0.156. The lowest BCUT2D eigenvalue weighted by Gasteiger charge is -2.55. The molecule has 3 aliphatic rings. The molecule has 0 aromatic heterocycles. The average molecular weight is 260 g/mol. The number of Topliss-reactive ketones (excluding diaryl/α,β-unsaturated/α-hetero) is 2. The van der Waals surface area contributed by atoms with Crippen molar-refractivity contribution in [1.82, 2.24) is 0 Å².